The molecule has 1 aromatic rings. The lowest BCUT2D eigenvalue weighted by Gasteiger charge is -2.12. The third-order valence-corrected chi connectivity index (χ3v) is 2.92. The van der Waals surface area contributed by atoms with E-state index in [-0.39, 0.29) is 0 Å². The predicted molar refractivity (Wildman–Crippen MR) is 79.3 cm³/mol. The Hall–Kier alpha value is -1.33. The summed E-state index contributed by atoms with van der Waals surface area (Å²) in [5.74, 6) is 2.07. The van der Waals surface area contributed by atoms with Crippen LogP contribution >= 0.6 is 0 Å². The number of nitrogens with zero attached hydrogens (tertiary/aromatic N) is 1. The maximum absolute atomic E-state index is 5.55. The van der Waals surface area contributed by atoms with Crippen LogP contribution in [0.25, 0.3) is 0 Å². The minimum absolute atomic E-state index is 0.633. The highest BCUT2D eigenvalue weighted by Gasteiger charge is 2.10. The summed E-state index contributed by atoms with van der Waals surface area (Å²) >= 11 is 0. The van der Waals surface area contributed by atoms with E-state index in [1.54, 1.807) is 26.5 Å². The van der Waals surface area contributed by atoms with Gasteiger partial charge >= 0.3 is 0 Å². The average Bonchev–Trinajstić information content (AvgIpc) is 2.45. The largest absolute Gasteiger partial charge is 0.493 e. The Morgan fingerprint density at radius 1 is 1.20 bits per heavy atom. The zero-order valence-electron chi connectivity index (χ0n) is 12.9. The Kier molecular flexibility index (Phi) is 7.99. The van der Waals surface area contributed by atoms with Crippen LogP contribution in [0, 0.1) is 5.92 Å². The molecule has 0 aliphatic carbocycles. The Morgan fingerprint density at radius 2 is 2.00 bits per heavy atom. The van der Waals surface area contributed by atoms with Crippen LogP contribution in [0.2, 0.25) is 0 Å². The molecule has 0 aliphatic heterocycles. The molecule has 0 fully saturated rings. The first kappa shape index (κ1) is 16.7. The maximum Gasteiger partial charge on any atom is 0.183 e. The topological polar surface area (TPSA) is 52.6 Å². The highest BCUT2D eigenvalue weighted by molar-refractivity contribution is 5.42. The van der Waals surface area contributed by atoms with Crippen LogP contribution in [0.15, 0.2) is 12.3 Å². The molecule has 1 N–H and O–H groups in total. The zero-order valence-corrected chi connectivity index (χ0v) is 12.9. The molecule has 0 radical (unpaired) electrons. The summed E-state index contributed by atoms with van der Waals surface area (Å²) in [6.07, 6.45) is 2.82. The Labute approximate surface area is 121 Å². The van der Waals surface area contributed by atoms with E-state index in [1.807, 2.05) is 0 Å². The first-order valence-corrected chi connectivity index (χ1v) is 7.03. The molecule has 0 spiro atoms. The minimum Gasteiger partial charge on any atom is -0.493 e. The summed E-state index contributed by atoms with van der Waals surface area (Å²) in [5.41, 5.74) is 0.842. The molecule has 20 heavy (non-hydrogen) atoms. The van der Waals surface area contributed by atoms with E-state index in [1.165, 1.54) is 0 Å². The van der Waals surface area contributed by atoms with Crippen LogP contribution in [0.4, 0.5) is 0 Å². The van der Waals surface area contributed by atoms with Gasteiger partial charge in [0.1, 0.15) is 0 Å². The van der Waals surface area contributed by atoms with Gasteiger partial charge in [0, 0.05) is 32.0 Å². The van der Waals surface area contributed by atoms with Crippen LogP contribution in [-0.4, -0.2) is 39.0 Å². The van der Waals surface area contributed by atoms with Crippen LogP contribution in [-0.2, 0) is 11.3 Å². The second-order valence-electron chi connectivity index (χ2n) is 4.96. The van der Waals surface area contributed by atoms with Crippen LogP contribution in [0.3, 0.4) is 0 Å². The lowest BCUT2D eigenvalue weighted by molar-refractivity contribution is 0.125. The van der Waals surface area contributed by atoms with Gasteiger partial charge in [-0.15, -0.1) is 0 Å². The number of hydrogen-bond acceptors (Lipinski definition) is 5. The SMILES string of the molecule is COc1ccnc(CNCCOCCC(C)C)c1OC. The molecule has 0 bridgehead atoms. The van der Waals surface area contributed by atoms with E-state index in [4.69, 9.17) is 14.2 Å². The summed E-state index contributed by atoms with van der Waals surface area (Å²) in [6, 6.07) is 1.79. The first-order chi connectivity index (χ1) is 9.69. The van der Waals surface area contributed by atoms with Crippen molar-refractivity contribution in [3.05, 3.63) is 18.0 Å². The number of aromatic nitrogens is 1. The molecule has 0 saturated carbocycles. The van der Waals surface area contributed by atoms with Crippen molar-refractivity contribution >= 4 is 0 Å². The van der Waals surface area contributed by atoms with Crippen LogP contribution < -0.4 is 14.8 Å². The number of rotatable bonds is 10. The Balaban J connectivity index is 2.28. The highest BCUT2D eigenvalue weighted by Crippen LogP contribution is 2.28. The highest BCUT2D eigenvalue weighted by atomic mass is 16.5. The summed E-state index contributed by atoms with van der Waals surface area (Å²) in [4.78, 5) is 4.31. The summed E-state index contributed by atoms with van der Waals surface area (Å²) in [5, 5.41) is 3.29. The minimum atomic E-state index is 0.633. The summed E-state index contributed by atoms with van der Waals surface area (Å²) in [6.45, 7) is 7.35. The molecular formula is C15H26N2O3. The molecule has 0 unspecified atom stereocenters. The Bertz CT molecular complexity index is 383. The quantitative estimate of drug-likeness (QED) is 0.667. The van der Waals surface area contributed by atoms with Crippen molar-refractivity contribution in [1.82, 2.24) is 10.3 Å². The third kappa shape index (κ3) is 5.75. The fourth-order valence-electron chi connectivity index (χ4n) is 1.75. The smallest absolute Gasteiger partial charge is 0.183 e. The van der Waals surface area contributed by atoms with E-state index in [9.17, 15) is 0 Å². The lowest BCUT2D eigenvalue weighted by Crippen LogP contribution is -2.20. The van der Waals surface area contributed by atoms with Crippen molar-refractivity contribution in [2.24, 2.45) is 5.92 Å². The molecule has 1 rings (SSSR count). The molecule has 114 valence electrons. The number of hydrogen-bond donors (Lipinski definition) is 1. The van der Waals surface area contributed by atoms with E-state index >= 15 is 0 Å². The average molecular weight is 282 g/mol. The monoisotopic (exact) mass is 282 g/mol. The van der Waals surface area contributed by atoms with Gasteiger partial charge in [-0.05, 0) is 12.3 Å². The van der Waals surface area contributed by atoms with Crippen molar-refractivity contribution in [1.29, 1.82) is 0 Å². The van der Waals surface area contributed by atoms with Gasteiger partial charge in [0.2, 0.25) is 0 Å². The number of methoxy groups -OCH3 is 2. The summed E-state index contributed by atoms with van der Waals surface area (Å²) in [7, 11) is 3.25. The number of pyridine rings is 1. The standard InChI is InChI=1S/C15H26N2O3/c1-12(2)6-9-20-10-8-16-11-13-15(19-4)14(18-3)5-7-17-13/h5,7,12,16H,6,8-11H2,1-4H3. The normalized spacial score (nSPS) is 10.8. The van der Waals surface area contributed by atoms with Crippen LogP contribution in [0.1, 0.15) is 26.0 Å². The molecule has 0 saturated heterocycles. The molecule has 1 heterocycles. The molecule has 0 aliphatic rings. The van der Waals surface area contributed by atoms with Gasteiger partial charge in [-0.3, -0.25) is 4.98 Å². The predicted octanol–water partition coefficient (Wildman–Crippen LogP) is 2.25. The van der Waals surface area contributed by atoms with E-state index in [0.29, 0.717) is 30.6 Å². The third-order valence-electron chi connectivity index (χ3n) is 2.92. The summed E-state index contributed by atoms with van der Waals surface area (Å²) < 4.78 is 16.1. The van der Waals surface area contributed by atoms with Crippen LogP contribution in [0.5, 0.6) is 11.5 Å². The second kappa shape index (κ2) is 9.55. The molecule has 5 nitrogen and oxygen atoms in total. The van der Waals surface area contributed by atoms with Gasteiger partial charge in [-0.1, -0.05) is 13.8 Å². The van der Waals surface area contributed by atoms with Crippen molar-refractivity contribution in [3.63, 3.8) is 0 Å². The number of ether oxygens (including phenoxy) is 3. The van der Waals surface area contributed by atoms with Gasteiger partial charge in [-0.2, -0.15) is 0 Å². The van der Waals surface area contributed by atoms with Gasteiger partial charge in [0.15, 0.2) is 11.5 Å². The first-order valence-electron chi connectivity index (χ1n) is 7.03. The van der Waals surface area contributed by atoms with Gasteiger partial charge in [0.05, 0.1) is 26.5 Å². The van der Waals surface area contributed by atoms with Gasteiger partial charge in [0.25, 0.3) is 0 Å². The van der Waals surface area contributed by atoms with Crippen molar-refractivity contribution in [3.8, 4) is 11.5 Å². The fraction of sp³-hybridized carbons (Fsp3) is 0.667. The molecule has 1 aromatic heterocycles. The molecule has 0 atom stereocenters. The number of nitrogens with one attached hydrogen (secondary N) is 1. The van der Waals surface area contributed by atoms with E-state index < -0.39 is 0 Å². The Morgan fingerprint density at radius 3 is 2.65 bits per heavy atom. The lowest BCUT2D eigenvalue weighted by atomic mass is 10.1. The molecule has 0 aromatic carbocycles. The fourth-order valence-corrected chi connectivity index (χ4v) is 1.75. The second-order valence-corrected chi connectivity index (χ2v) is 4.96. The molecule has 0 amide bonds. The molecular weight excluding hydrogens is 256 g/mol. The molecule has 5 heteroatoms. The van der Waals surface area contributed by atoms with Gasteiger partial charge in [-0.25, -0.2) is 0 Å². The van der Waals surface area contributed by atoms with Crippen molar-refractivity contribution < 1.29 is 14.2 Å². The van der Waals surface area contributed by atoms with Crippen molar-refractivity contribution in [2.45, 2.75) is 26.8 Å². The van der Waals surface area contributed by atoms with E-state index in [0.717, 1.165) is 25.3 Å². The maximum atomic E-state index is 5.55. The zero-order chi connectivity index (χ0) is 14.8. The van der Waals surface area contributed by atoms with E-state index in [2.05, 4.69) is 24.1 Å². The van der Waals surface area contributed by atoms with Gasteiger partial charge < -0.3 is 19.5 Å². The van der Waals surface area contributed by atoms with Crippen molar-refractivity contribution in [2.75, 3.05) is 34.0 Å².